The van der Waals surface area contributed by atoms with Crippen LogP contribution < -0.4 is 0 Å². The largest absolute Gasteiger partial charge is 0.413 e. The van der Waals surface area contributed by atoms with Crippen LogP contribution in [0.5, 0.6) is 0 Å². The fourth-order valence-electron chi connectivity index (χ4n) is 7.32. The normalized spacial score (nSPS) is 44.6. The maximum atomic E-state index is 10.4. The molecule has 0 aromatic heterocycles. The number of rotatable bonds is 6. The van der Waals surface area contributed by atoms with Gasteiger partial charge in [0, 0.05) is 19.6 Å². The smallest absolute Gasteiger partial charge is 0.272 e. The molecule has 3 saturated carbocycles. The molecule has 1 aliphatic heterocycles. The summed E-state index contributed by atoms with van der Waals surface area (Å²) in [7, 11) is 1.13. The van der Waals surface area contributed by atoms with Gasteiger partial charge >= 0.3 is 0 Å². The Morgan fingerprint density at radius 2 is 1.88 bits per heavy atom. The molecule has 4 aliphatic rings. The minimum absolute atomic E-state index is 0.00505. The van der Waals surface area contributed by atoms with Crippen LogP contribution in [0.1, 0.15) is 66.2 Å². The quantitative estimate of drug-likeness (QED) is 0.370. The molecule has 7 nitrogen and oxygen atoms in total. The summed E-state index contributed by atoms with van der Waals surface area (Å²) in [5, 5.41) is 10.5. The van der Waals surface area contributed by atoms with Crippen molar-refractivity contribution in [3.63, 3.8) is 0 Å². The van der Waals surface area contributed by atoms with E-state index in [0.717, 1.165) is 38.5 Å². The van der Waals surface area contributed by atoms with Gasteiger partial charge in [0.15, 0.2) is 8.32 Å². The van der Waals surface area contributed by atoms with Crippen molar-refractivity contribution in [2.45, 2.75) is 115 Å². The maximum Gasteiger partial charge on any atom is 0.272 e. The van der Waals surface area contributed by atoms with Crippen LogP contribution in [0.2, 0.25) is 18.1 Å². The van der Waals surface area contributed by atoms with E-state index in [1.807, 2.05) is 0 Å². The topological polar surface area (TPSA) is 79.2 Å². The highest BCUT2D eigenvalue weighted by atomic mass is 28.4. The zero-order valence-electron chi connectivity index (χ0n) is 22.4. The third kappa shape index (κ3) is 3.91. The van der Waals surface area contributed by atoms with Gasteiger partial charge < -0.3 is 28.1 Å². The van der Waals surface area contributed by atoms with Gasteiger partial charge in [0.25, 0.3) is 6.48 Å². The van der Waals surface area contributed by atoms with Crippen molar-refractivity contribution in [3.05, 3.63) is 0 Å². The van der Waals surface area contributed by atoms with E-state index in [1.54, 1.807) is 14.2 Å². The van der Waals surface area contributed by atoms with Gasteiger partial charge in [-0.1, -0.05) is 40.5 Å². The SMILES string of the molecule is COCO[C@H]1[C@H](C)C[C@@]23CCCC[C@@H](C[C@H](C#N)[C@H]4O[C@H](OC)O[C@@]412)[C@H]3O[Si](C)(C)C(C)(C)C. The Labute approximate surface area is 206 Å². The molecule has 9 atom stereocenters. The summed E-state index contributed by atoms with van der Waals surface area (Å²) < 4.78 is 38.0. The molecule has 0 N–H and O–H groups in total. The highest BCUT2D eigenvalue weighted by Gasteiger charge is 2.77. The van der Waals surface area contributed by atoms with E-state index in [1.165, 1.54) is 0 Å². The molecule has 8 heteroatoms. The van der Waals surface area contributed by atoms with E-state index in [2.05, 4.69) is 46.9 Å². The Hall–Kier alpha value is -0.533. The van der Waals surface area contributed by atoms with Crippen LogP contribution in [0.15, 0.2) is 0 Å². The lowest BCUT2D eigenvalue weighted by atomic mass is 9.64. The molecule has 34 heavy (non-hydrogen) atoms. The van der Waals surface area contributed by atoms with E-state index in [4.69, 9.17) is 28.1 Å². The van der Waals surface area contributed by atoms with Gasteiger partial charge in [-0.15, -0.1) is 0 Å². The van der Waals surface area contributed by atoms with E-state index in [0.29, 0.717) is 5.92 Å². The lowest BCUT2D eigenvalue weighted by Crippen LogP contribution is -2.64. The molecular formula is C26H45NO6Si. The van der Waals surface area contributed by atoms with E-state index in [-0.39, 0.29) is 41.3 Å². The van der Waals surface area contributed by atoms with E-state index < -0.39 is 26.5 Å². The third-order valence-corrected chi connectivity index (χ3v) is 14.1. The Bertz CT molecular complexity index is 780. The van der Waals surface area contributed by atoms with Gasteiger partial charge in [-0.25, -0.2) is 0 Å². The number of methoxy groups -OCH3 is 2. The van der Waals surface area contributed by atoms with Crippen LogP contribution in [0.3, 0.4) is 0 Å². The van der Waals surface area contributed by atoms with Gasteiger partial charge in [-0.2, -0.15) is 5.26 Å². The van der Waals surface area contributed by atoms with Crippen LogP contribution in [-0.2, 0) is 28.1 Å². The Kier molecular flexibility index (Phi) is 7.34. The number of nitriles is 1. The van der Waals surface area contributed by atoms with Crippen LogP contribution in [0.4, 0.5) is 0 Å². The third-order valence-electron chi connectivity index (χ3n) is 9.67. The van der Waals surface area contributed by atoms with E-state index in [9.17, 15) is 5.26 Å². The molecular weight excluding hydrogens is 450 g/mol. The van der Waals surface area contributed by atoms with Crippen molar-refractivity contribution in [1.82, 2.24) is 0 Å². The van der Waals surface area contributed by atoms with Crippen molar-refractivity contribution in [2.24, 2.45) is 23.2 Å². The molecule has 0 unspecified atom stereocenters. The first-order chi connectivity index (χ1) is 16.0. The Morgan fingerprint density at radius 1 is 1.15 bits per heavy atom. The molecule has 4 fully saturated rings. The zero-order chi connectivity index (χ0) is 24.9. The molecule has 1 heterocycles. The maximum absolute atomic E-state index is 10.4. The number of fused-ring (bicyclic) bond motifs is 1. The molecule has 3 aliphatic carbocycles. The number of nitrogens with zero attached hydrogens (tertiary/aromatic N) is 1. The molecule has 4 rings (SSSR count). The van der Waals surface area contributed by atoms with Gasteiger partial charge in [0.2, 0.25) is 0 Å². The zero-order valence-corrected chi connectivity index (χ0v) is 23.4. The molecule has 1 saturated heterocycles. The van der Waals surface area contributed by atoms with Gasteiger partial charge in [0.1, 0.15) is 18.5 Å². The monoisotopic (exact) mass is 495 g/mol. The second-order valence-corrected chi connectivity index (χ2v) is 17.4. The first kappa shape index (κ1) is 26.5. The molecule has 0 radical (unpaired) electrons. The molecule has 0 aromatic carbocycles. The standard InChI is InChI=1S/C26H45NO6Si/c1-17-14-25-12-10-9-11-18(21(25)33-34(7,8)24(2,3)4)13-19(15-27)22-26(25,20(17)30-16-28-5)32-23(29-6)31-22/h17-23H,9-14,16H2,1-8H3/t17-,18+,19-,20+,21-,22-,23+,25-,26-/m1/s1. The second-order valence-electron chi connectivity index (χ2n) is 12.6. The average Bonchev–Trinajstić information content (AvgIpc) is 3.18. The second kappa shape index (κ2) is 9.40. The van der Waals surface area contributed by atoms with Crippen molar-refractivity contribution in [2.75, 3.05) is 21.0 Å². The highest BCUT2D eigenvalue weighted by Crippen LogP contribution is 2.68. The fraction of sp³-hybridized carbons (Fsp3) is 0.962. The van der Waals surface area contributed by atoms with Gasteiger partial charge in [0.05, 0.1) is 24.2 Å². The van der Waals surface area contributed by atoms with Crippen molar-refractivity contribution >= 4 is 8.32 Å². The Balaban J connectivity index is 1.92. The lowest BCUT2D eigenvalue weighted by molar-refractivity contribution is -0.277. The van der Waals surface area contributed by atoms with Crippen molar-refractivity contribution in [3.8, 4) is 6.07 Å². The number of ether oxygens (including phenoxy) is 5. The van der Waals surface area contributed by atoms with Crippen LogP contribution in [0, 0.1) is 34.5 Å². The molecule has 2 spiro atoms. The average molecular weight is 496 g/mol. The first-order valence-corrected chi connectivity index (χ1v) is 15.9. The first-order valence-electron chi connectivity index (χ1n) is 13.0. The summed E-state index contributed by atoms with van der Waals surface area (Å²) in [5.41, 5.74) is -1.14. The van der Waals surface area contributed by atoms with E-state index >= 15 is 0 Å². The van der Waals surface area contributed by atoms with Crippen LogP contribution in [0.25, 0.3) is 0 Å². The fourth-order valence-corrected chi connectivity index (χ4v) is 8.73. The van der Waals surface area contributed by atoms with Gasteiger partial charge in [-0.3, -0.25) is 0 Å². The summed E-state index contributed by atoms with van der Waals surface area (Å²) in [5.74, 6) is 0.193. The Morgan fingerprint density at radius 3 is 2.50 bits per heavy atom. The molecule has 2 bridgehead atoms. The van der Waals surface area contributed by atoms with Crippen molar-refractivity contribution in [1.29, 1.82) is 5.26 Å². The van der Waals surface area contributed by atoms with Gasteiger partial charge in [-0.05, 0) is 55.7 Å². The lowest BCUT2D eigenvalue weighted by Gasteiger charge is -2.53. The minimum Gasteiger partial charge on any atom is -0.413 e. The summed E-state index contributed by atoms with van der Waals surface area (Å²) in [4.78, 5) is 0. The molecule has 0 aromatic rings. The number of hydrogen-bond acceptors (Lipinski definition) is 7. The summed E-state index contributed by atoms with van der Waals surface area (Å²) in [6.45, 7) is 13.2. The van der Waals surface area contributed by atoms with Crippen LogP contribution >= 0.6 is 0 Å². The van der Waals surface area contributed by atoms with Crippen molar-refractivity contribution < 1.29 is 28.1 Å². The number of hydrogen-bond donors (Lipinski definition) is 0. The van der Waals surface area contributed by atoms with Crippen LogP contribution in [-0.4, -0.2) is 59.7 Å². The summed E-state index contributed by atoms with van der Waals surface area (Å²) in [6, 6.07) is 2.61. The molecule has 194 valence electrons. The summed E-state index contributed by atoms with van der Waals surface area (Å²) >= 11 is 0. The minimum atomic E-state index is -2.12. The predicted molar refractivity (Wildman–Crippen MR) is 130 cm³/mol. The highest BCUT2D eigenvalue weighted by molar-refractivity contribution is 6.74. The predicted octanol–water partition coefficient (Wildman–Crippen LogP) is 5.21. The molecule has 0 amide bonds. The summed E-state index contributed by atoms with van der Waals surface area (Å²) in [6.07, 6.45) is 5.30.